The zero-order valence-corrected chi connectivity index (χ0v) is 9.77. The van der Waals surface area contributed by atoms with E-state index in [2.05, 4.69) is 0 Å². The van der Waals surface area contributed by atoms with E-state index in [0.717, 1.165) is 25.0 Å². The van der Waals surface area contributed by atoms with E-state index in [1.165, 1.54) is 0 Å². The lowest BCUT2D eigenvalue weighted by Gasteiger charge is -2.32. The van der Waals surface area contributed by atoms with Gasteiger partial charge in [-0.3, -0.25) is 0 Å². The van der Waals surface area contributed by atoms with Crippen LogP contribution in [-0.2, 0) is 11.3 Å². The van der Waals surface area contributed by atoms with Crippen molar-refractivity contribution < 1.29 is 17.9 Å². The fraction of sp³-hybridized carbons (Fsp3) is 0.455. The van der Waals surface area contributed by atoms with Gasteiger partial charge in [-0.15, -0.1) is 12.4 Å². The van der Waals surface area contributed by atoms with Gasteiger partial charge in [0.1, 0.15) is 0 Å². The topological polar surface area (TPSA) is 35.2 Å². The van der Waals surface area contributed by atoms with Crippen molar-refractivity contribution in [2.45, 2.75) is 31.6 Å². The molecule has 0 atom stereocenters. The molecule has 0 saturated heterocycles. The van der Waals surface area contributed by atoms with Crippen LogP contribution in [0.2, 0.25) is 0 Å². The molecule has 0 unspecified atom stereocenters. The van der Waals surface area contributed by atoms with Gasteiger partial charge in [0.2, 0.25) is 0 Å². The molecule has 2 rings (SSSR count). The molecule has 2 nitrogen and oxygen atoms in total. The third-order valence-electron chi connectivity index (χ3n) is 2.66. The Bertz CT molecular complexity index is 373. The predicted octanol–water partition coefficient (Wildman–Crippen LogP) is 2.53. The molecule has 1 saturated carbocycles. The molecule has 0 radical (unpaired) electrons. The molecule has 0 amide bonds. The molecule has 1 fully saturated rings. The summed E-state index contributed by atoms with van der Waals surface area (Å²) in [5.74, 6) is -3.83. The summed E-state index contributed by atoms with van der Waals surface area (Å²) in [6, 6.07) is 2.04. The second-order valence-corrected chi connectivity index (χ2v) is 4.04. The monoisotopic (exact) mass is 267 g/mol. The van der Waals surface area contributed by atoms with Gasteiger partial charge in [0.25, 0.3) is 0 Å². The summed E-state index contributed by atoms with van der Waals surface area (Å²) in [5.41, 5.74) is 5.85. The van der Waals surface area contributed by atoms with Crippen molar-refractivity contribution in [1.82, 2.24) is 0 Å². The molecule has 96 valence electrons. The van der Waals surface area contributed by atoms with E-state index in [1.54, 1.807) is 0 Å². The highest BCUT2D eigenvalue weighted by atomic mass is 35.5. The van der Waals surface area contributed by atoms with Gasteiger partial charge >= 0.3 is 0 Å². The quantitative estimate of drug-likeness (QED) is 0.854. The maximum atomic E-state index is 12.8. The highest BCUT2D eigenvalue weighted by molar-refractivity contribution is 5.85. The number of ether oxygens (including phenoxy) is 1. The molecule has 2 N–H and O–H groups in total. The molecule has 0 heterocycles. The Labute approximate surface area is 103 Å². The zero-order chi connectivity index (χ0) is 11.7. The number of halogens is 4. The summed E-state index contributed by atoms with van der Waals surface area (Å²) in [5, 5.41) is 0. The molecule has 17 heavy (non-hydrogen) atoms. The SMILES string of the molecule is Cl.NC1CC(OCc2cc(F)c(F)c(F)c2)C1. The van der Waals surface area contributed by atoms with Crippen molar-refractivity contribution in [2.75, 3.05) is 0 Å². The maximum Gasteiger partial charge on any atom is 0.194 e. The summed E-state index contributed by atoms with van der Waals surface area (Å²) in [6.07, 6.45) is 1.56. The van der Waals surface area contributed by atoms with Crippen molar-refractivity contribution in [3.63, 3.8) is 0 Å². The van der Waals surface area contributed by atoms with Gasteiger partial charge < -0.3 is 10.5 Å². The lowest BCUT2D eigenvalue weighted by Crippen LogP contribution is -2.41. The summed E-state index contributed by atoms with van der Waals surface area (Å²) in [7, 11) is 0. The average Bonchev–Trinajstić information content (AvgIpc) is 2.19. The summed E-state index contributed by atoms with van der Waals surface area (Å²) in [6.45, 7) is 0.0749. The van der Waals surface area contributed by atoms with Crippen LogP contribution < -0.4 is 5.73 Å². The number of nitrogens with two attached hydrogens (primary N) is 1. The molecule has 0 aliphatic heterocycles. The van der Waals surface area contributed by atoms with Crippen LogP contribution in [0.1, 0.15) is 18.4 Å². The highest BCUT2D eigenvalue weighted by Crippen LogP contribution is 2.23. The minimum atomic E-state index is -1.45. The maximum absolute atomic E-state index is 12.8. The molecule has 1 aliphatic rings. The van der Waals surface area contributed by atoms with Crippen molar-refractivity contribution in [3.05, 3.63) is 35.1 Å². The van der Waals surface area contributed by atoms with E-state index in [9.17, 15) is 13.2 Å². The van der Waals surface area contributed by atoms with E-state index in [0.29, 0.717) is 0 Å². The van der Waals surface area contributed by atoms with Gasteiger partial charge in [-0.2, -0.15) is 0 Å². The van der Waals surface area contributed by atoms with Crippen molar-refractivity contribution in [2.24, 2.45) is 5.73 Å². The lowest BCUT2D eigenvalue weighted by atomic mass is 9.90. The van der Waals surface area contributed by atoms with Crippen LogP contribution in [0.25, 0.3) is 0 Å². The summed E-state index contributed by atoms with van der Waals surface area (Å²) in [4.78, 5) is 0. The standard InChI is InChI=1S/C11H12F3NO.ClH/c12-9-1-6(2-10(13)11(9)14)5-16-8-3-7(15)4-8;/h1-2,7-8H,3-5,15H2;1H. The number of hydrogen-bond acceptors (Lipinski definition) is 2. The number of rotatable bonds is 3. The van der Waals surface area contributed by atoms with Crippen LogP contribution in [0.3, 0.4) is 0 Å². The fourth-order valence-corrected chi connectivity index (χ4v) is 1.65. The molecule has 1 aromatic rings. The fourth-order valence-electron chi connectivity index (χ4n) is 1.65. The van der Waals surface area contributed by atoms with E-state index in [4.69, 9.17) is 10.5 Å². The summed E-state index contributed by atoms with van der Waals surface area (Å²) >= 11 is 0. The van der Waals surface area contributed by atoms with Crippen LogP contribution in [0.4, 0.5) is 13.2 Å². The van der Waals surface area contributed by atoms with Crippen LogP contribution in [0.15, 0.2) is 12.1 Å². The first-order valence-corrected chi connectivity index (χ1v) is 5.07. The average molecular weight is 268 g/mol. The van der Waals surface area contributed by atoms with Crippen LogP contribution in [-0.4, -0.2) is 12.1 Å². The van der Waals surface area contributed by atoms with Gasteiger partial charge in [0.05, 0.1) is 12.7 Å². The molecule has 0 aromatic heterocycles. The largest absolute Gasteiger partial charge is 0.373 e. The smallest absolute Gasteiger partial charge is 0.194 e. The first kappa shape index (κ1) is 14.3. The Morgan fingerprint density at radius 3 is 2.18 bits per heavy atom. The first-order valence-electron chi connectivity index (χ1n) is 5.07. The highest BCUT2D eigenvalue weighted by Gasteiger charge is 2.26. The normalized spacial score (nSPS) is 22.8. The van der Waals surface area contributed by atoms with Crippen molar-refractivity contribution in [3.8, 4) is 0 Å². The molecular weight excluding hydrogens is 255 g/mol. The molecular formula is C11H13ClF3NO. The Kier molecular flexibility index (Phi) is 4.80. The summed E-state index contributed by atoms with van der Waals surface area (Å²) < 4.78 is 43.6. The van der Waals surface area contributed by atoms with E-state index in [1.807, 2.05) is 0 Å². The van der Waals surface area contributed by atoms with E-state index < -0.39 is 17.5 Å². The van der Waals surface area contributed by atoms with Crippen molar-refractivity contribution in [1.29, 1.82) is 0 Å². The Morgan fingerprint density at radius 2 is 1.71 bits per heavy atom. The van der Waals surface area contributed by atoms with Crippen molar-refractivity contribution >= 4 is 12.4 Å². The predicted molar refractivity (Wildman–Crippen MR) is 59.4 cm³/mol. The minimum Gasteiger partial charge on any atom is -0.373 e. The van der Waals surface area contributed by atoms with E-state index in [-0.39, 0.29) is 36.7 Å². The number of hydrogen-bond donors (Lipinski definition) is 1. The van der Waals surface area contributed by atoms with Crippen LogP contribution in [0.5, 0.6) is 0 Å². The Morgan fingerprint density at radius 1 is 1.18 bits per heavy atom. The zero-order valence-electron chi connectivity index (χ0n) is 8.96. The van der Waals surface area contributed by atoms with Crippen LogP contribution in [0, 0.1) is 17.5 Å². The molecule has 1 aromatic carbocycles. The van der Waals surface area contributed by atoms with Gasteiger partial charge in [0.15, 0.2) is 17.5 Å². The molecule has 0 bridgehead atoms. The molecule has 1 aliphatic carbocycles. The van der Waals surface area contributed by atoms with Gasteiger partial charge in [-0.25, -0.2) is 13.2 Å². The third kappa shape index (κ3) is 3.34. The Hall–Kier alpha value is -0.780. The second-order valence-electron chi connectivity index (χ2n) is 4.04. The van der Waals surface area contributed by atoms with Crippen LogP contribution >= 0.6 is 12.4 Å². The molecule has 0 spiro atoms. The first-order chi connectivity index (χ1) is 7.56. The lowest BCUT2D eigenvalue weighted by molar-refractivity contribution is -0.0190. The van der Waals surface area contributed by atoms with Gasteiger partial charge in [0, 0.05) is 6.04 Å². The third-order valence-corrected chi connectivity index (χ3v) is 2.66. The number of benzene rings is 1. The Balaban J connectivity index is 0.00000144. The molecule has 6 heteroatoms. The van der Waals surface area contributed by atoms with Gasteiger partial charge in [-0.05, 0) is 30.5 Å². The van der Waals surface area contributed by atoms with E-state index >= 15 is 0 Å². The minimum absolute atomic E-state index is 0. The van der Waals surface area contributed by atoms with Gasteiger partial charge in [-0.1, -0.05) is 0 Å². The second kappa shape index (κ2) is 5.71.